The van der Waals surface area contributed by atoms with Crippen LogP contribution in [-0.4, -0.2) is 39.3 Å². The molecule has 1 aliphatic rings. The molecule has 0 aliphatic carbocycles. The van der Waals surface area contributed by atoms with E-state index in [1.165, 1.54) is 0 Å². The van der Waals surface area contributed by atoms with E-state index in [1.54, 1.807) is 0 Å². The van der Waals surface area contributed by atoms with Gasteiger partial charge in [0.2, 0.25) is 11.7 Å². The van der Waals surface area contributed by atoms with E-state index in [4.69, 9.17) is 16.1 Å². The normalized spacial score (nSPS) is 17.5. The highest BCUT2D eigenvalue weighted by Gasteiger charge is 2.19. The van der Waals surface area contributed by atoms with Gasteiger partial charge in [-0.05, 0) is 25.0 Å². The lowest BCUT2D eigenvalue weighted by Crippen LogP contribution is -2.35. The number of piperidine rings is 1. The van der Waals surface area contributed by atoms with E-state index in [2.05, 4.69) is 15.0 Å². The first-order chi connectivity index (χ1) is 9.70. The Bertz CT molecular complexity index is 579. The molecule has 20 heavy (non-hydrogen) atoms. The molecule has 0 saturated carbocycles. The second kappa shape index (κ2) is 5.91. The highest BCUT2D eigenvalue weighted by molar-refractivity contribution is 6.30. The van der Waals surface area contributed by atoms with Crippen molar-refractivity contribution in [2.75, 3.05) is 13.1 Å². The summed E-state index contributed by atoms with van der Waals surface area (Å²) in [6.07, 6.45) is 1.43. The van der Waals surface area contributed by atoms with Crippen LogP contribution in [0.5, 0.6) is 0 Å². The van der Waals surface area contributed by atoms with Gasteiger partial charge in [-0.15, -0.1) is 0 Å². The Hall–Kier alpha value is -1.43. The third-order valence-corrected chi connectivity index (χ3v) is 3.70. The number of aliphatic hydroxyl groups excluding tert-OH is 1. The number of nitrogens with zero attached hydrogens (tertiary/aromatic N) is 3. The van der Waals surface area contributed by atoms with Crippen LogP contribution >= 0.6 is 11.6 Å². The van der Waals surface area contributed by atoms with Gasteiger partial charge < -0.3 is 9.63 Å². The van der Waals surface area contributed by atoms with Crippen molar-refractivity contribution >= 4 is 11.6 Å². The summed E-state index contributed by atoms with van der Waals surface area (Å²) in [4.78, 5) is 6.60. The Kier molecular flexibility index (Phi) is 4.00. The minimum absolute atomic E-state index is 0.170. The first kappa shape index (κ1) is 13.5. The summed E-state index contributed by atoms with van der Waals surface area (Å²) in [7, 11) is 0. The second-order valence-electron chi connectivity index (χ2n) is 5.03. The summed E-state index contributed by atoms with van der Waals surface area (Å²) in [5.41, 5.74) is 0.849. The van der Waals surface area contributed by atoms with Gasteiger partial charge >= 0.3 is 0 Å². The van der Waals surface area contributed by atoms with Crippen molar-refractivity contribution in [1.82, 2.24) is 15.0 Å². The van der Waals surface area contributed by atoms with Crippen molar-refractivity contribution in [1.29, 1.82) is 0 Å². The van der Waals surface area contributed by atoms with E-state index in [9.17, 15) is 5.11 Å². The second-order valence-corrected chi connectivity index (χ2v) is 5.47. The van der Waals surface area contributed by atoms with E-state index in [-0.39, 0.29) is 6.10 Å². The average molecular weight is 294 g/mol. The van der Waals surface area contributed by atoms with Crippen LogP contribution < -0.4 is 0 Å². The molecule has 0 radical (unpaired) electrons. The number of aromatic nitrogens is 2. The Labute approximate surface area is 122 Å². The van der Waals surface area contributed by atoms with Crippen molar-refractivity contribution < 1.29 is 9.63 Å². The summed E-state index contributed by atoms with van der Waals surface area (Å²) in [5.74, 6) is 1.15. The van der Waals surface area contributed by atoms with Gasteiger partial charge in [0.25, 0.3) is 0 Å². The molecule has 106 valence electrons. The Morgan fingerprint density at radius 1 is 1.35 bits per heavy atom. The van der Waals surface area contributed by atoms with E-state index in [0.717, 1.165) is 31.5 Å². The molecule has 0 bridgehead atoms. The smallest absolute Gasteiger partial charge is 0.241 e. The van der Waals surface area contributed by atoms with Gasteiger partial charge in [-0.25, -0.2) is 0 Å². The molecule has 1 saturated heterocycles. The van der Waals surface area contributed by atoms with Gasteiger partial charge in [0, 0.05) is 23.7 Å². The molecule has 0 atom stereocenters. The number of rotatable bonds is 3. The first-order valence-electron chi connectivity index (χ1n) is 6.69. The number of hydrogen-bond donors (Lipinski definition) is 1. The van der Waals surface area contributed by atoms with Gasteiger partial charge in [-0.1, -0.05) is 28.9 Å². The minimum atomic E-state index is -0.170. The summed E-state index contributed by atoms with van der Waals surface area (Å²) in [5, 5.41) is 14.1. The van der Waals surface area contributed by atoms with Gasteiger partial charge in [-0.3, -0.25) is 4.90 Å². The van der Waals surface area contributed by atoms with Crippen LogP contribution in [0.4, 0.5) is 0 Å². The van der Waals surface area contributed by atoms with Crippen LogP contribution in [0, 0.1) is 0 Å². The fraction of sp³-hybridized carbons (Fsp3) is 0.429. The Morgan fingerprint density at radius 2 is 2.15 bits per heavy atom. The summed E-state index contributed by atoms with van der Waals surface area (Å²) in [6.45, 7) is 2.34. The molecule has 1 N–H and O–H groups in total. The zero-order chi connectivity index (χ0) is 13.9. The predicted octanol–water partition coefficient (Wildman–Crippen LogP) is 2.35. The lowest BCUT2D eigenvalue weighted by atomic mass is 10.1. The van der Waals surface area contributed by atoms with E-state index in [0.29, 0.717) is 23.3 Å². The molecule has 1 fully saturated rings. The largest absolute Gasteiger partial charge is 0.393 e. The zero-order valence-electron chi connectivity index (χ0n) is 11.0. The molecule has 1 aromatic carbocycles. The van der Waals surface area contributed by atoms with Crippen LogP contribution in [0.25, 0.3) is 11.4 Å². The fourth-order valence-corrected chi connectivity index (χ4v) is 2.52. The predicted molar refractivity (Wildman–Crippen MR) is 75.3 cm³/mol. The minimum Gasteiger partial charge on any atom is -0.393 e. The highest BCUT2D eigenvalue weighted by Crippen LogP contribution is 2.20. The summed E-state index contributed by atoms with van der Waals surface area (Å²) < 4.78 is 5.28. The Morgan fingerprint density at radius 3 is 2.90 bits per heavy atom. The van der Waals surface area contributed by atoms with Crippen LogP contribution in [0.1, 0.15) is 18.7 Å². The molecule has 0 unspecified atom stereocenters. The van der Waals surface area contributed by atoms with Crippen LogP contribution in [-0.2, 0) is 6.54 Å². The van der Waals surface area contributed by atoms with Crippen LogP contribution in [0.3, 0.4) is 0 Å². The molecular weight excluding hydrogens is 278 g/mol. The highest BCUT2D eigenvalue weighted by atomic mass is 35.5. The van der Waals surface area contributed by atoms with Gasteiger partial charge in [-0.2, -0.15) is 4.98 Å². The van der Waals surface area contributed by atoms with Gasteiger partial charge in [0.05, 0.1) is 12.6 Å². The lowest BCUT2D eigenvalue weighted by Gasteiger charge is -2.27. The van der Waals surface area contributed by atoms with Gasteiger partial charge in [0.1, 0.15) is 0 Å². The number of likely N-dealkylation sites (tertiary alicyclic amines) is 1. The van der Waals surface area contributed by atoms with Crippen LogP contribution in [0.2, 0.25) is 5.02 Å². The molecule has 3 rings (SSSR count). The lowest BCUT2D eigenvalue weighted by molar-refractivity contribution is 0.0740. The monoisotopic (exact) mass is 293 g/mol. The summed E-state index contributed by atoms with van der Waals surface area (Å²) >= 11 is 5.95. The maximum Gasteiger partial charge on any atom is 0.241 e. The van der Waals surface area contributed by atoms with E-state index >= 15 is 0 Å². The molecule has 2 aromatic rings. The average Bonchev–Trinajstić information content (AvgIpc) is 2.90. The summed E-state index contributed by atoms with van der Waals surface area (Å²) in [6, 6.07) is 7.38. The number of benzene rings is 1. The molecule has 2 heterocycles. The SMILES string of the molecule is OC1CCN(Cc2nc(-c3cccc(Cl)c3)no2)CC1. The standard InChI is InChI=1S/C14H16ClN3O2/c15-11-3-1-2-10(8-11)14-16-13(20-17-14)9-18-6-4-12(19)5-7-18/h1-3,8,12,19H,4-7,9H2. The number of aliphatic hydroxyl groups is 1. The van der Waals surface area contributed by atoms with E-state index in [1.807, 2.05) is 24.3 Å². The molecule has 5 nitrogen and oxygen atoms in total. The van der Waals surface area contributed by atoms with Crippen molar-refractivity contribution in [3.63, 3.8) is 0 Å². The Balaban J connectivity index is 1.68. The third-order valence-electron chi connectivity index (χ3n) is 3.47. The van der Waals surface area contributed by atoms with Gasteiger partial charge in [0.15, 0.2) is 0 Å². The first-order valence-corrected chi connectivity index (χ1v) is 7.07. The van der Waals surface area contributed by atoms with Crippen molar-refractivity contribution in [3.05, 3.63) is 35.2 Å². The van der Waals surface area contributed by atoms with Crippen molar-refractivity contribution in [2.24, 2.45) is 0 Å². The number of hydrogen-bond acceptors (Lipinski definition) is 5. The number of halogens is 1. The molecular formula is C14H16ClN3O2. The maximum absolute atomic E-state index is 9.48. The van der Waals surface area contributed by atoms with E-state index < -0.39 is 0 Å². The molecule has 6 heteroatoms. The third kappa shape index (κ3) is 3.17. The quantitative estimate of drug-likeness (QED) is 0.941. The van der Waals surface area contributed by atoms with Crippen molar-refractivity contribution in [3.8, 4) is 11.4 Å². The molecule has 0 amide bonds. The van der Waals surface area contributed by atoms with Crippen LogP contribution in [0.15, 0.2) is 28.8 Å². The molecule has 1 aliphatic heterocycles. The zero-order valence-corrected chi connectivity index (χ0v) is 11.8. The topological polar surface area (TPSA) is 62.4 Å². The fourth-order valence-electron chi connectivity index (χ4n) is 2.33. The molecule has 0 spiro atoms. The van der Waals surface area contributed by atoms with Crippen molar-refractivity contribution in [2.45, 2.75) is 25.5 Å². The molecule has 1 aromatic heterocycles. The maximum atomic E-state index is 9.48.